The topological polar surface area (TPSA) is 105 Å². The lowest BCUT2D eigenvalue weighted by Crippen LogP contribution is -2.43. The van der Waals surface area contributed by atoms with Gasteiger partial charge in [0.05, 0.1) is 4.90 Å². The van der Waals surface area contributed by atoms with Crippen LogP contribution in [0.15, 0.2) is 53.4 Å². The Balaban J connectivity index is 1.93. The quantitative estimate of drug-likeness (QED) is 0.717. The first kappa shape index (κ1) is 20.4. The average Bonchev–Trinajstić information content (AvgIpc) is 2.64. The van der Waals surface area contributed by atoms with Crippen LogP contribution < -0.4 is 15.6 Å². The van der Waals surface area contributed by atoms with Crippen molar-refractivity contribution in [2.75, 3.05) is 20.7 Å². The minimum Gasteiger partial charge on any atom is -0.484 e. The number of benzene rings is 2. The number of amides is 2. The summed E-state index contributed by atoms with van der Waals surface area (Å²) in [5.74, 6) is -0.658. The smallest absolute Gasteiger partial charge is 0.276 e. The molecule has 8 nitrogen and oxygen atoms in total. The van der Waals surface area contributed by atoms with E-state index >= 15 is 0 Å². The predicted molar refractivity (Wildman–Crippen MR) is 99.6 cm³/mol. The van der Waals surface area contributed by atoms with Crippen LogP contribution in [0.5, 0.6) is 5.75 Å². The number of sulfonamides is 1. The van der Waals surface area contributed by atoms with Crippen molar-refractivity contribution in [3.63, 3.8) is 0 Å². The van der Waals surface area contributed by atoms with Crippen molar-refractivity contribution in [1.29, 1.82) is 0 Å². The Morgan fingerprint density at radius 1 is 1.04 bits per heavy atom. The van der Waals surface area contributed by atoms with Crippen LogP contribution in [-0.4, -0.2) is 45.2 Å². The molecular formula is C18H21N3O5S. The number of nitrogens with zero attached hydrogens (tertiary/aromatic N) is 1. The third-order valence-corrected chi connectivity index (χ3v) is 5.36. The first-order valence-corrected chi connectivity index (χ1v) is 9.45. The second-order valence-corrected chi connectivity index (χ2v) is 8.07. The number of hydrazine groups is 1. The van der Waals surface area contributed by atoms with Gasteiger partial charge in [0.2, 0.25) is 10.0 Å². The highest BCUT2D eigenvalue weighted by Gasteiger charge is 2.18. The van der Waals surface area contributed by atoms with Crippen molar-refractivity contribution in [3.8, 4) is 5.75 Å². The Bertz CT molecular complexity index is 942. The van der Waals surface area contributed by atoms with Crippen molar-refractivity contribution in [2.24, 2.45) is 0 Å². The molecule has 0 atom stereocenters. The van der Waals surface area contributed by atoms with Gasteiger partial charge >= 0.3 is 0 Å². The van der Waals surface area contributed by atoms with Gasteiger partial charge in [0.25, 0.3) is 11.8 Å². The van der Waals surface area contributed by atoms with Gasteiger partial charge in [-0.25, -0.2) is 12.7 Å². The lowest BCUT2D eigenvalue weighted by Gasteiger charge is -2.12. The Morgan fingerprint density at radius 3 is 2.41 bits per heavy atom. The molecule has 2 rings (SSSR count). The van der Waals surface area contributed by atoms with Gasteiger partial charge in [0, 0.05) is 19.7 Å². The fraction of sp³-hybridized carbons (Fsp3) is 0.222. The Labute approximate surface area is 158 Å². The summed E-state index contributed by atoms with van der Waals surface area (Å²) in [4.78, 5) is 23.9. The Kier molecular flexibility index (Phi) is 6.54. The van der Waals surface area contributed by atoms with E-state index in [4.69, 9.17) is 4.74 Å². The van der Waals surface area contributed by atoms with Crippen molar-refractivity contribution >= 4 is 21.8 Å². The number of carbonyl (C=O) groups excluding carboxylic acids is 2. The highest BCUT2D eigenvalue weighted by atomic mass is 32.2. The van der Waals surface area contributed by atoms with Crippen LogP contribution in [0.4, 0.5) is 0 Å². The van der Waals surface area contributed by atoms with Crippen LogP contribution in [0.3, 0.4) is 0 Å². The molecule has 0 heterocycles. The first-order chi connectivity index (χ1) is 12.7. The van der Waals surface area contributed by atoms with E-state index in [1.165, 1.54) is 38.4 Å². The Morgan fingerprint density at radius 2 is 1.74 bits per heavy atom. The van der Waals surface area contributed by atoms with Crippen molar-refractivity contribution in [3.05, 3.63) is 59.7 Å². The molecule has 0 saturated heterocycles. The standard InChI is InChI=1S/C18H21N3O5S/c1-13-6-4-8-15(10-13)26-12-17(22)19-20-18(23)14-7-5-9-16(11-14)27(24,25)21(2)3/h4-11H,12H2,1-3H3,(H,19,22)(H,20,23). The maximum absolute atomic E-state index is 12.1. The molecule has 0 bridgehead atoms. The van der Waals surface area contributed by atoms with E-state index in [1.807, 2.05) is 13.0 Å². The molecular weight excluding hydrogens is 370 g/mol. The molecule has 9 heteroatoms. The summed E-state index contributed by atoms with van der Waals surface area (Å²) in [7, 11) is -0.862. The van der Waals surface area contributed by atoms with E-state index in [2.05, 4.69) is 10.9 Å². The molecule has 0 saturated carbocycles. The zero-order valence-corrected chi connectivity index (χ0v) is 16.0. The van der Waals surface area contributed by atoms with Crippen LogP contribution >= 0.6 is 0 Å². The second-order valence-electron chi connectivity index (χ2n) is 5.92. The minimum atomic E-state index is -3.66. The highest BCUT2D eigenvalue weighted by molar-refractivity contribution is 7.89. The molecule has 0 fully saturated rings. The van der Waals surface area contributed by atoms with Crippen molar-refractivity contribution < 1.29 is 22.7 Å². The summed E-state index contributed by atoms with van der Waals surface area (Å²) in [6.07, 6.45) is 0. The molecule has 2 N–H and O–H groups in total. The molecule has 0 aromatic heterocycles. The number of nitrogens with one attached hydrogen (secondary N) is 2. The molecule has 27 heavy (non-hydrogen) atoms. The monoisotopic (exact) mass is 391 g/mol. The van der Waals surface area contributed by atoms with Crippen molar-refractivity contribution in [2.45, 2.75) is 11.8 Å². The number of hydrogen-bond acceptors (Lipinski definition) is 5. The number of rotatable bonds is 6. The lowest BCUT2D eigenvalue weighted by atomic mass is 10.2. The summed E-state index contributed by atoms with van der Waals surface area (Å²) in [5, 5.41) is 0. The first-order valence-electron chi connectivity index (χ1n) is 8.01. The van der Waals surface area contributed by atoms with Gasteiger partial charge in [0.15, 0.2) is 6.61 Å². The Hall–Kier alpha value is -2.91. The van der Waals surface area contributed by atoms with Gasteiger partial charge < -0.3 is 4.74 Å². The number of carbonyl (C=O) groups is 2. The van der Waals surface area contributed by atoms with Gasteiger partial charge in [0.1, 0.15) is 5.75 Å². The predicted octanol–water partition coefficient (Wildman–Crippen LogP) is 1.09. The zero-order valence-electron chi connectivity index (χ0n) is 15.2. The van der Waals surface area contributed by atoms with Gasteiger partial charge in [-0.2, -0.15) is 0 Å². The molecule has 0 unspecified atom stereocenters. The molecule has 2 amide bonds. The summed E-state index contributed by atoms with van der Waals surface area (Å²) in [5.41, 5.74) is 5.54. The molecule has 144 valence electrons. The molecule has 0 spiro atoms. The van der Waals surface area contributed by atoms with E-state index in [-0.39, 0.29) is 17.1 Å². The fourth-order valence-electron chi connectivity index (χ4n) is 2.10. The maximum atomic E-state index is 12.1. The van der Waals surface area contributed by atoms with Crippen LogP contribution in [0, 0.1) is 6.92 Å². The summed E-state index contributed by atoms with van der Waals surface area (Å²) >= 11 is 0. The number of hydrogen-bond donors (Lipinski definition) is 2. The van der Waals surface area contributed by atoms with Crippen LogP contribution in [0.25, 0.3) is 0 Å². The second kappa shape index (κ2) is 8.65. The summed E-state index contributed by atoms with van der Waals surface area (Å²) < 4.78 is 30.6. The molecule has 2 aromatic rings. The molecule has 0 aliphatic rings. The summed E-state index contributed by atoms with van der Waals surface area (Å²) in [6, 6.07) is 12.7. The van der Waals surface area contributed by atoms with Crippen LogP contribution in [0.1, 0.15) is 15.9 Å². The summed E-state index contributed by atoms with van der Waals surface area (Å²) in [6.45, 7) is 1.62. The van der Waals surface area contributed by atoms with E-state index in [1.54, 1.807) is 18.2 Å². The van der Waals surface area contributed by atoms with Crippen LogP contribution in [-0.2, 0) is 14.8 Å². The van der Waals surface area contributed by atoms with E-state index in [0.717, 1.165) is 9.87 Å². The molecule has 0 aliphatic carbocycles. The van der Waals surface area contributed by atoms with Gasteiger partial charge in [-0.3, -0.25) is 20.4 Å². The largest absolute Gasteiger partial charge is 0.484 e. The van der Waals surface area contributed by atoms with Gasteiger partial charge in [-0.1, -0.05) is 18.2 Å². The normalized spacial score (nSPS) is 11.1. The SMILES string of the molecule is Cc1cccc(OCC(=O)NNC(=O)c2cccc(S(=O)(=O)N(C)C)c2)c1. The molecule has 0 radical (unpaired) electrons. The van der Waals surface area contributed by atoms with Gasteiger partial charge in [-0.05, 0) is 42.8 Å². The van der Waals surface area contributed by atoms with E-state index in [0.29, 0.717) is 5.75 Å². The molecule has 2 aromatic carbocycles. The third kappa shape index (κ3) is 5.53. The zero-order chi connectivity index (χ0) is 20.0. The number of ether oxygens (including phenoxy) is 1. The van der Waals surface area contributed by atoms with Crippen molar-refractivity contribution in [1.82, 2.24) is 15.2 Å². The average molecular weight is 391 g/mol. The fourth-order valence-corrected chi connectivity index (χ4v) is 3.05. The number of aryl methyl sites for hydroxylation is 1. The molecule has 0 aliphatic heterocycles. The van der Waals surface area contributed by atoms with Crippen LogP contribution in [0.2, 0.25) is 0 Å². The van der Waals surface area contributed by atoms with E-state index in [9.17, 15) is 18.0 Å². The minimum absolute atomic E-state index is 0.0192. The highest BCUT2D eigenvalue weighted by Crippen LogP contribution is 2.15. The van der Waals surface area contributed by atoms with E-state index < -0.39 is 21.8 Å². The lowest BCUT2D eigenvalue weighted by molar-refractivity contribution is -0.123. The van der Waals surface area contributed by atoms with Gasteiger partial charge in [-0.15, -0.1) is 0 Å². The maximum Gasteiger partial charge on any atom is 0.276 e. The third-order valence-electron chi connectivity index (χ3n) is 3.55.